The summed E-state index contributed by atoms with van der Waals surface area (Å²) in [4.78, 5) is 30.9. The van der Waals surface area contributed by atoms with Gasteiger partial charge < -0.3 is 14.7 Å². The summed E-state index contributed by atoms with van der Waals surface area (Å²) in [7, 11) is 0. The number of Topliss-reactive ketones (excluding diaryl/α,β-unsaturated/α-hetero) is 1. The number of halogens is 1. The van der Waals surface area contributed by atoms with Crippen LogP contribution in [-0.4, -0.2) is 62.4 Å². The predicted molar refractivity (Wildman–Crippen MR) is 119 cm³/mol. The molecule has 1 N–H and O–H groups in total. The number of ketones is 1. The summed E-state index contributed by atoms with van der Waals surface area (Å²) in [6, 6.07) is 14.4. The topological polar surface area (TPSA) is 45.1 Å². The van der Waals surface area contributed by atoms with E-state index in [0.29, 0.717) is 19.6 Å². The van der Waals surface area contributed by atoms with Crippen LogP contribution in [0.25, 0.3) is 0 Å². The number of hydrogen-bond acceptors (Lipinski definition) is 3. The van der Waals surface area contributed by atoms with E-state index in [1.54, 1.807) is 12.1 Å². The molecular weight excluding hydrogens is 393 g/mol. The second-order valence-corrected chi connectivity index (χ2v) is 8.78. The quantitative estimate of drug-likeness (QED) is 0.747. The Morgan fingerprint density at radius 3 is 2.16 bits per heavy atom. The maximum Gasteiger partial charge on any atom is 0.277 e. The van der Waals surface area contributed by atoms with Gasteiger partial charge in [-0.25, -0.2) is 4.39 Å². The molecule has 2 aliphatic heterocycles. The molecule has 2 saturated heterocycles. The predicted octanol–water partition coefficient (Wildman–Crippen LogP) is 1.96. The number of carbonyl (C=O) groups excluding carboxylic acids is 2. The first-order valence-electron chi connectivity index (χ1n) is 11.2. The number of quaternary nitrogens is 1. The van der Waals surface area contributed by atoms with Crippen molar-refractivity contribution in [3.05, 3.63) is 65.5 Å². The van der Waals surface area contributed by atoms with E-state index in [0.717, 1.165) is 55.8 Å². The Kier molecular flexibility index (Phi) is 6.66. The lowest BCUT2D eigenvalue weighted by atomic mass is 9.88. The molecule has 2 heterocycles. The van der Waals surface area contributed by atoms with Crippen LogP contribution in [0, 0.1) is 18.7 Å². The maximum absolute atomic E-state index is 13.1. The van der Waals surface area contributed by atoms with Crippen LogP contribution in [0.15, 0.2) is 48.5 Å². The number of hydrogen-bond donors (Lipinski definition) is 1. The van der Waals surface area contributed by atoms with Crippen LogP contribution < -0.4 is 9.80 Å². The van der Waals surface area contributed by atoms with Crippen LogP contribution in [0.2, 0.25) is 0 Å². The number of benzene rings is 2. The molecule has 0 spiro atoms. The van der Waals surface area contributed by atoms with Crippen molar-refractivity contribution in [2.75, 3.05) is 50.7 Å². The fourth-order valence-electron chi connectivity index (χ4n) is 4.61. The fourth-order valence-corrected chi connectivity index (χ4v) is 4.61. The Hall–Kier alpha value is -2.73. The van der Waals surface area contributed by atoms with Crippen LogP contribution in [0.1, 0.15) is 28.8 Å². The van der Waals surface area contributed by atoms with E-state index in [1.807, 2.05) is 36.1 Å². The zero-order valence-electron chi connectivity index (χ0n) is 18.1. The van der Waals surface area contributed by atoms with Gasteiger partial charge in [0.15, 0.2) is 12.3 Å². The molecule has 2 aromatic rings. The number of amides is 1. The standard InChI is InChI=1S/C25H30FN3O2/c1-19-2-4-20(5-3-19)25(31)21-10-12-27(13-11-21)18-24(30)29-16-14-28(15-17-29)23-8-6-22(26)7-9-23/h2-9,21H,10-18H2,1H3/p+1. The number of rotatable bonds is 5. The third-order valence-electron chi connectivity index (χ3n) is 6.62. The van der Waals surface area contributed by atoms with Gasteiger partial charge in [-0.2, -0.15) is 0 Å². The van der Waals surface area contributed by atoms with E-state index in [-0.39, 0.29) is 23.4 Å². The number of carbonyl (C=O) groups is 2. The van der Waals surface area contributed by atoms with E-state index in [2.05, 4.69) is 4.90 Å². The lowest BCUT2D eigenvalue weighted by molar-refractivity contribution is -0.898. The number of nitrogens with one attached hydrogen (secondary N) is 1. The van der Waals surface area contributed by atoms with Gasteiger partial charge in [0.2, 0.25) is 0 Å². The number of nitrogens with zero attached hydrogens (tertiary/aromatic N) is 2. The molecule has 0 atom stereocenters. The average molecular weight is 425 g/mol. The van der Waals surface area contributed by atoms with Crippen molar-refractivity contribution in [2.24, 2.45) is 5.92 Å². The number of likely N-dealkylation sites (tertiary alicyclic amines) is 1. The highest BCUT2D eigenvalue weighted by molar-refractivity contribution is 5.97. The Morgan fingerprint density at radius 1 is 0.935 bits per heavy atom. The molecule has 2 aromatic carbocycles. The van der Waals surface area contributed by atoms with Gasteiger partial charge in [-0.15, -0.1) is 0 Å². The lowest BCUT2D eigenvalue weighted by Crippen LogP contribution is -3.14. The van der Waals surface area contributed by atoms with Gasteiger partial charge in [-0.05, 0) is 31.2 Å². The zero-order valence-corrected chi connectivity index (χ0v) is 18.1. The average Bonchev–Trinajstić information content (AvgIpc) is 2.80. The van der Waals surface area contributed by atoms with Crippen molar-refractivity contribution in [1.82, 2.24) is 4.90 Å². The highest BCUT2D eigenvalue weighted by Gasteiger charge is 2.31. The highest BCUT2D eigenvalue weighted by Crippen LogP contribution is 2.18. The van der Waals surface area contributed by atoms with Gasteiger partial charge in [-0.3, -0.25) is 9.59 Å². The van der Waals surface area contributed by atoms with E-state index in [1.165, 1.54) is 17.0 Å². The molecular formula is C25H31FN3O2+. The van der Waals surface area contributed by atoms with Gasteiger partial charge >= 0.3 is 0 Å². The molecule has 0 radical (unpaired) electrons. The minimum Gasteiger partial charge on any atom is -0.368 e. The Labute approximate surface area is 183 Å². The number of anilines is 1. The molecule has 2 fully saturated rings. The van der Waals surface area contributed by atoms with Crippen LogP contribution in [-0.2, 0) is 4.79 Å². The number of piperazine rings is 1. The first-order chi connectivity index (χ1) is 15.0. The first kappa shape index (κ1) is 21.5. The molecule has 164 valence electrons. The molecule has 6 heteroatoms. The van der Waals surface area contributed by atoms with Gasteiger partial charge in [0.25, 0.3) is 5.91 Å². The third-order valence-corrected chi connectivity index (χ3v) is 6.62. The Morgan fingerprint density at radius 2 is 1.55 bits per heavy atom. The minimum atomic E-state index is -0.232. The summed E-state index contributed by atoms with van der Waals surface area (Å²) < 4.78 is 13.1. The van der Waals surface area contributed by atoms with Crippen LogP contribution in [0.5, 0.6) is 0 Å². The summed E-state index contributed by atoms with van der Waals surface area (Å²) in [6.45, 7) is 7.17. The van der Waals surface area contributed by atoms with Crippen molar-refractivity contribution in [3.63, 3.8) is 0 Å². The lowest BCUT2D eigenvalue weighted by Gasteiger charge is -2.37. The molecule has 31 heavy (non-hydrogen) atoms. The SMILES string of the molecule is Cc1ccc(C(=O)C2CC[NH+](CC(=O)N3CCN(c4ccc(F)cc4)CC3)CC2)cc1. The smallest absolute Gasteiger partial charge is 0.277 e. The van der Waals surface area contributed by atoms with Gasteiger partial charge in [0.1, 0.15) is 5.82 Å². The van der Waals surface area contributed by atoms with E-state index in [9.17, 15) is 14.0 Å². The number of aryl methyl sites for hydroxylation is 1. The molecule has 0 aliphatic carbocycles. The third kappa shape index (κ3) is 5.31. The van der Waals surface area contributed by atoms with Gasteiger partial charge in [0, 0.05) is 56.2 Å². The van der Waals surface area contributed by atoms with E-state index < -0.39 is 0 Å². The normalized spacial score (nSPS) is 21.7. The highest BCUT2D eigenvalue weighted by atomic mass is 19.1. The maximum atomic E-state index is 13.1. The van der Waals surface area contributed by atoms with E-state index >= 15 is 0 Å². The second-order valence-electron chi connectivity index (χ2n) is 8.78. The van der Waals surface area contributed by atoms with Crippen molar-refractivity contribution < 1.29 is 18.9 Å². The zero-order chi connectivity index (χ0) is 21.8. The van der Waals surface area contributed by atoms with Crippen molar-refractivity contribution in [1.29, 1.82) is 0 Å². The van der Waals surface area contributed by atoms with Crippen molar-refractivity contribution in [2.45, 2.75) is 19.8 Å². The molecule has 0 aromatic heterocycles. The van der Waals surface area contributed by atoms with E-state index in [4.69, 9.17) is 0 Å². The molecule has 4 rings (SSSR count). The van der Waals surface area contributed by atoms with Crippen molar-refractivity contribution >= 4 is 17.4 Å². The fraction of sp³-hybridized carbons (Fsp3) is 0.440. The molecule has 2 aliphatic rings. The Bertz CT molecular complexity index is 897. The molecule has 0 bridgehead atoms. The monoisotopic (exact) mass is 424 g/mol. The summed E-state index contributed by atoms with van der Waals surface area (Å²) in [5.41, 5.74) is 2.96. The summed E-state index contributed by atoms with van der Waals surface area (Å²) >= 11 is 0. The van der Waals surface area contributed by atoms with Crippen LogP contribution >= 0.6 is 0 Å². The molecule has 0 saturated carbocycles. The van der Waals surface area contributed by atoms with Gasteiger partial charge in [-0.1, -0.05) is 29.8 Å². The Balaban J connectivity index is 1.22. The molecule has 5 nitrogen and oxygen atoms in total. The minimum absolute atomic E-state index is 0.0702. The molecule has 0 unspecified atom stereocenters. The second kappa shape index (κ2) is 9.60. The largest absolute Gasteiger partial charge is 0.368 e. The first-order valence-corrected chi connectivity index (χ1v) is 11.2. The number of piperidine rings is 1. The van der Waals surface area contributed by atoms with Gasteiger partial charge in [0.05, 0.1) is 13.1 Å². The summed E-state index contributed by atoms with van der Waals surface area (Å²) in [5.74, 6) is 0.269. The van der Waals surface area contributed by atoms with Crippen molar-refractivity contribution in [3.8, 4) is 0 Å². The summed E-state index contributed by atoms with van der Waals surface area (Å²) in [5, 5.41) is 0. The molecule has 1 amide bonds. The van der Waals surface area contributed by atoms with Crippen LogP contribution in [0.3, 0.4) is 0 Å². The summed E-state index contributed by atoms with van der Waals surface area (Å²) in [6.07, 6.45) is 1.68. The van der Waals surface area contributed by atoms with Crippen LogP contribution in [0.4, 0.5) is 10.1 Å².